The molecule has 0 bridgehead atoms. The number of nitrogens with zero attached hydrogens (tertiary/aromatic N) is 3. The zero-order valence-electron chi connectivity index (χ0n) is 20.1. The van der Waals surface area contributed by atoms with E-state index in [1.165, 1.54) is 12.8 Å². The molecule has 3 nitrogen and oxygen atoms in total. The van der Waals surface area contributed by atoms with Crippen LogP contribution in [0.5, 0.6) is 0 Å². The van der Waals surface area contributed by atoms with Gasteiger partial charge in [0.2, 0.25) is 0 Å². The number of pyridine rings is 1. The number of alkyl halides is 1. The minimum absolute atomic E-state index is 0.144. The van der Waals surface area contributed by atoms with Crippen molar-refractivity contribution in [3.63, 3.8) is 0 Å². The third-order valence-electron chi connectivity index (χ3n) is 7.06. The fourth-order valence-electron chi connectivity index (χ4n) is 5.14. The molecule has 1 aromatic carbocycles. The Morgan fingerprint density at radius 3 is 2.36 bits per heavy atom. The number of benzene rings is 1. The van der Waals surface area contributed by atoms with Gasteiger partial charge in [-0.15, -0.1) is 0 Å². The smallest absolute Gasteiger partial charge is 0.127 e. The van der Waals surface area contributed by atoms with Crippen molar-refractivity contribution in [3.05, 3.63) is 60.2 Å². The second kappa shape index (κ2) is 10.3. The molecule has 2 fully saturated rings. The number of hydrogen-bond donors (Lipinski definition) is 0. The average molecular weight is 454 g/mol. The Labute approximate surface area is 197 Å². The lowest BCUT2D eigenvalue weighted by molar-refractivity contribution is 0.0942. The molecule has 0 atom stereocenters. The first-order valence-corrected chi connectivity index (χ1v) is 12.4. The Morgan fingerprint density at radius 1 is 1.06 bits per heavy atom. The third kappa shape index (κ3) is 6.41. The molecular weight excluding hydrogens is 416 g/mol. The second-order valence-electron chi connectivity index (χ2n) is 10.4. The highest BCUT2D eigenvalue weighted by Gasteiger charge is 2.25. The number of aryl methyl sites for hydroxylation is 1. The molecule has 1 aromatic heterocycles. The summed E-state index contributed by atoms with van der Waals surface area (Å²) in [6.07, 6.45) is 8.10. The van der Waals surface area contributed by atoms with E-state index in [4.69, 9.17) is 0 Å². The third-order valence-corrected chi connectivity index (χ3v) is 7.06. The molecule has 0 aliphatic carbocycles. The van der Waals surface area contributed by atoms with Crippen molar-refractivity contribution in [3.8, 4) is 11.1 Å². The van der Waals surface area contributed by atoms with Crippen LogP contribution in [0.1, 0.15) is 57.2 Å². The summed E-state index contributed by atoms with van der Waals surface area (Å²) >= 11 is 0. The van der Waals surface area contributed by atoms with Crippen LogP contribution in [0.3, 0.4) is 0 Å². The summed E-state index contributed by atoms with van der Waals surface area (Å²) in [6.45, 7) is 11.9. The quantitative estimate of drug-likeness (QED) is 0.464. The maximum Gasteiger partial charge on any atom is 0.127 e. The Morgan fingerprint density at radius 2 is 1.76 bits per heavy atom. The Hall–Kier alpha value is -2.27. The Bertz CT molecular complexity index is 935. The first kappa shape index (κ1) is 23.9. The fraction of sp³-hybridized carbons (Fsp3) is 0.536. The molecule has 2 aliphatic rings. The minimum atomic E-state index is -1.14. The summed E-state index contributed by atoms with van der Waals surface area (Å²) in [4.78, 5) is 9.08. The van der Waals surface area contributed by atoms with Crippen LogP contribution in [-0.4, -0.2) is 53.2 Å². The van der Waals surface area contributed by atoms with Gasteiger partial charge in [0.05, 0.1) is 11.4 Å². The second-order valence-corrected chi connectivity index (χ2v) is 10.4. The van der Waals surface area contributed by atoms with Gasteiger partial charge in [0.25, 0.3) is 0 Å². The average Bonchev–Trinajstić information content (AvgIpc) is 3.33. The normalized spacial score (nSPS) is 18.1. The van der Waals surface area contributed by atoms with Crippen molar-refractivity contribution < 1.29 is 8.78 Å². The maximum absolute atomic E-state index is 14.9. The van der Waals surface area contributed by atoms with Gasteiger partial charge in [0, 0.05) is 31.4 Å². The van der Waals surface area contributed by atoms with Crippen molar-refractivity contribution in [2.24, 2.45) is 5.92 Å². The summed E-state index contributed by atoms with van der Waals surface area (Å²) in [5, 5.41) is 0. The SMILES string of the molecule is C=C(c1ccc(-c2ccc(CCC3CCN(CC(C)(C)F)CC3)c(F)c2)cn1)N1CCCC1. The fourth-order valence-corrected chi connectivity index (χ4v) is 5.14. The molecule has 2 aromatic rings. The minimum Gasteiger partial charge on any atom is -0.370 e. The van der Waals surface area contributed by atoms with Crippen LogP contribution in [0, 0.1) is 11.7 Å². The van der Waals surface area contributed by atoms with E-state index < -0.39 is 5.67 Å². The number of halogens is 2. The van der Waals surface area contributed by atoms with Gasteiger partial charge in [-0.05, 0) is 94.6 Å². The highest BCUT2D eigenvalue weighted by Crippen LogP contribution is 2.28. The first-order chi connectivity index (χ1) is 15.8. The number of aromatic nitrogens is 1. The van der Waals surface area contributed by atoms with Gasteiger partial charge >= 0.3 is 0 Å². The van der Waals surface area contributed by atoms with Crippen molar-refractivity contribution in [1.82, 2.24) is 14.8 Å². The molecule has 4 rings (SSSR count). The van der Waals surface area contributed by atoms with Crippen LogP contribution < -0.4 is 0 Å². The molecule has 0 unspecified atom stereocenters. The number of rotatable bonds is 8. The van der Waals surface area contributed by atoms with Gasteiger partial charge in [0.1, 0.15) is 11.5 Å². The Kier molecular flexibility index (Phi) is 7.48. The van der Waals surface area contributed by atoms with Crippen LogP contribution in [0.25, 0.3) is 16.8 Å². The highest BCUT2D eigenvalue weighted by atomic mass is 19.1. The van der Waals surface area contributed by atoms with E-state index >= 15 is 0 Å². The lowest BCUT2D eigenvalue weighted by Crippen LogP contribution is -2.41. The van der Waals surface area contributed by atoms with Crippen molar-refractivity contribution >= 4 is 5.70 Å². The summed E-state index contributed by atoms with van der Waals surface area (Å²) in [7, 11) is 0. The molecule has 33 heavy (non-hydrogen) atoms. The molecule has 3 heterocycles. The first-order valence-electron chi connectivity index (χ1n) is 12.4. The standard InChI is InChI=1S/C28H37F2N3/c1-21(33-14-4-5-15-33)27-11-10-25(19-31-27)24-9-8-23(26(29)18-24)7-6-22-12-16-32(17-13-22)20-28(2,3)30/h8-11,18-19,22H,1,4-7,12-17,20H2,2-3H3. The van der Waals surface area contributed by atoms with Crippen LogP contribution in [-0.2, 0) is 6.42 Å². The van der Waals surface area contributed by atoms with E-state index in [-0.39, 0.29) is 5.82 Å². The largest absolute Gasteiger partial charge is 0.370 e. The van der Waals surface area contributed by atoms with Gasteiger partial charge in [-0.1, -0.05) is 24.8 Å². The van der Waals surface area contributed by atoms with E-state index in [9.17, 15) is 8.78 Å². The van der Waals surface area contributed by atoms with Gasteiger partial charge < -0.3 is 9.80 Å². The predicted molar refractivity (Wildman–Crippen MR) is 132 cm³/mol. The summed E-state index contributed by atoms with van der Waals surface area (Å²) in [6, 6.07) is 9.54. The molecule has 2 saturated heterocycles. The maximum atomic E-state index is 14.9. The summed E-state index contributed by atoms with van der Waals surface area (Å²) in [5.74, 6) is 0.443. The lowest BCUT2D eigenvalue weighted by Gasteiger charge is -2.34. The molecule has 178 valence electrons. The number of likely N-dealkylation sites (tertiary alicyclic amines) is 2. The molecular formula is C28H37F2N3. The zero-order chi connectivity index (χ0) is 23.4. The molecule has 0 spiro atoms. The molecule has 0 N–H and O–H groups in total. The van der Waals surface area contributed by atoms with Crippen LogP contribution >= 0.6 is 0 Å². The van der Waals surface area contributed by atoms with Gasteiger partial charge in [0.15, 0.2) is 0 Å². The van der Waals surface area contributed by atoms with E-state index in [0.29, 0.717) is 12.5 Å². The van der Waals surface area contributed by atoms with Crippen molar-refractivity contribution in [2.45, 2.75) is 58.0 Å². The molecule has 5 heteroatoms. The van der Waals surface area contributed by atoms with Gasteiger partial charge in [-0.2, -0.15) is 0 Å². The van der Waals surface area contributed by atoms with Crippen molar-refractivity contribution in [2.75, 3.05) is 32.7 Å². The van der Waals surface area contributed by atoms with Crippen LogP contribution in [0.15, 0.2) is 43.1 Å². The zero-order valence-corrected chi connectivity index (χ0v) is 20.1. The van der Waals surface area contributed by atoms with Gasteiger partial charge in [-0.25, -0.2) is 8.78 Å². The molecule has 0 radical (unpaired) electrons. The van der Waals surface area contributed by atoms with E-state index in [0.717, 1.165) is 79.9 Å². The van der Waals surface area contributed by atoms with E-state index in [1.807, 2.05) is 30.5 Å². The van der Waals surface area contributed by atoms with Crippen LogP contribution in [0.2, 0.25) is 0 Å². The summed E-state index contributed by atoms with van der Waals surface area (Å²) < 4.78 is 28.7. The molecule has 0 amide bonds. The topological polar surface area (TPSA) is 19.4 Å². The van der Waals surface area contributed by atoms with Crippen LogP contribution in [0.4, 0.5) is 8.78 Å². The number of hydrogen-bond acceptors (Lipinski definition) is 3. The number of piperidine rings is 1. The lowest BCUT2D eigenvalue weighted by atomic mass is 9.89. The predicted octanol–water partition coefficient (Wildman–Crippen LogP) is 6.35. The highest BCUT2D eigenvalue weighted by molar-refractivity contribution is 5.66. The Balaban J connectivity index is 1.31. The monoisotopic (exact) mass is 453 g/mol. The van der Waals surface area contributed by atoms with E-state index in [1.54, 1.807) is 19.9 Å². The van der Waals surface area contributed by atoms with Gasteiger partial charge in [-0.3, -0.25) is 4.98 Å². The molecule has 2 aliphatic heterocycles. The van der Waals surface area contributed by atoms with Crippen molar-refractivity contribution in [1.29, 1.82) is 0 Å². The van der Waals surface area contributed by atoms with E-state index in [2.05, 4.69) is 21.4 Å². The summed E-state index contributed by atoms with van der Waals surface area (Å²) in [5.41, 5.74) is 3.26. The molecule has 0 saturated carbocycles.